The lowest BCUT2D eigenvalue weighted by atomic mass is 10.1. The molecule has 0 unspecified atom stereocenters. The van der Waals surface area contributed by atoms with Crippen LogP contribution >= 0.6 is 0 Å². The molecule has 2 heterocycles. The third-order valence-corrected chi connectivity index (χ3v) is 5.07. The molecule has 0 aliphatic heterocycles. The Morgan fingerprint density at radius 3 is 2.54 bits per heavy atom. The Morgan fingerprint density at radius 1 is 1.17 bits per heavy atom. The van der Waals surface area contributed by atoms with Gasteiger partial charge in [-0.15, -0.1) is 0 Å². The van der Waals surface area contributed by atoms with Gasteiger partial charge in [-0.3, -0.25) is 9.78 Å². The lowest BCUT2D eigenvalue weighted by Gasteiger charge is -2.10. The van der Waals surface area contributed by atoms with Gasteiger partial charge in [-0.25, -0.2) is 16.8 Å². The number of nitrogens with two attached hydrogens (primary N) is 1. The summed E-state index contributed by atoms with van der Waals surface area (Å²) >= 11 is 0. The minimum atomic E-state index is -4.07. The molecule has 2 aromatic heterocycles. The second-order valence-electron chi connectivity index (χ2n) is 4.95. The summed E-state index contributed by atoms with van der Waals surface area (Å²) in [5, 5.41) is 0. The fourth-order valence-electron chi connectivity index (χ4n) is 2.26. The van der Waals surface area contributed by atoms with Crippen molar-refractivity contribution in [1.82, 2.24) is 8.96 Å². The average molecular weight is 345 g/mol. The molecule has 6 nitrogen and oxygen atoms in total. The van der Waals surface area contributed by atoms with Gasteiger partial charge in [0.1, 0.15) is 10.7 Å². The van der Waals surface area contributed by atoms with Crippen molar-refractivity contribution in [3.8, 4) is 11.3 Å². The molecule has 0 bridgehead atoms. The summed E-state index contributed by atoms with van der Waals surface area (Å²) in [6.45, 7) is 0. The standard InChI is InChI=1S/C16H12FN3O3S/c17-14-6-2-1-5-13(14)15-8-11(16(18)21)10-20(15)24(22,23)12-4-3-7-19-9-12/h1-10H,(H2,18,21). The topological polar surface area (TPSA) is 95.0 Å². The minimum Gasteiger partial charge on any atom is -0.366 e. The summed E-state index contributed by atoms with van der Waals surface area (Å²) in [6, 6.07) is 9.74. The summed E-state index contributed by atoms with van der Waals surface area (Å²) in [6.07, 6.45) is 3.68. The van der Waals surface area contributed by atoms with Crippen LogP contribution in [0.2, 0.25) is 0 Å². The van der Waals surface area contributed by atoms with Gasteiger partial charge < -0.3 is 5.73 Å². The number of aromatic nitrogens is 2. The highest BCUT2D eigenvalue weighted by molar-refractivity contribution is 7.90. The molecule has 0 atom stereocenters. The van der Waals surface area contributed by atoms with Gasteiger partial charge in [0.25, 0.3) is 10.0 Å². The zero-order valence-corrected chi connectivity index (χ0v) is 13.1. The first-order valence-electron chi connectivity index (χ1n) is 6.84. The van der Waals surface area contributed by atoms with Gasteiger partial charge in [-0.1, -0.05) is 12.1 Å². The van der Waals surface area contributed by atoms with Crippen LogP contribution in [0, 0.1) is 5.82 Å². The Morgan fingerprint density at radius 2 is 1.92 bits per heavy atom. The SMILES string of the molecule is NC(=O)c1cc(-c2ccccc2F)n(S(=O)(=O)c2cccnc2)c1. The monoisotopic (exact) mass is 345 g/mol. The summed E-state index contributed by atoms with van der Waals surface area (Å²) in [4.78, 5) is 15.1. The van der Waals surface area contributed by atoms with E-state index in [9.17, 15) is 17.6 Å². The molecule has 122 valence electrons. The fourth-order valence-corrected chi connectivity index (χ4v) is 3.59. The van der Waals surface area contributed by atoms with Crippen molar-refractivity contribution >= 4 is 15.9 Å². The molecule has 2 N–H and O–H groups in total. The molecule has 8 heteroatoms. The van der Waals surface area contributed by atoms with E-state index >= 15 is 0 Å². The zero-order valence-electron chi connectivity index (χ0n) is 12.3. The second-order valence-corrected chi connectivity index (χ2v) is 6.76. The van der Waals surface area contributed by atoms with Crippen LogP contribution in [0.5, 0.6) is 0 Å². The normalized spacial score (nSPS) is 11.4. The predicted molar refractivity (Wildman–Crippen MR) is 85.2 cm³/mol. The molecule has 0 spiro atoms. The van der Waals surface area contributed by atoms with Crippen LogP contribution in [0.4, 0.5) is 4.39 Å². The predicted octanol–water partition coefficient (Wildman–Crippen LogP) is 2.03. The number of halogens is 1. The molecule has 3 aromatic rings. The average Bonchev–Trinajstić information content (AvgIpc) is 3.02. The van der Waals surface area contributed by atoms with Crippen molar-refractivity contribution in [3.05, 3.63) is 72.4 Å². The lowest BCUT2D eigenvalue weighted by Crippen LogP contribution is -2.14. The van der Waals surface area contributed by atoms with Crippen LogP contribution in [0.25, 0.3) is 11.3 Å². The van der Waals surface area contributed by atoms with E-state index in [0.717, 1.165) is 10.2 Å². The number of carbonyl (C=O) groups is 1. The first-order chi connectivity index (χ1) is 11.4. The largest absolute Gasteiger partial charge is 0.366 e. The van der Waals surface area contributed by atoms with Crippen LogP contribution < -0.4 is 5.73 Å². The highest BCUT2D eigenvalue weighted by Gasteiger charge is 2.24. The van der Waals surface area contributed by atoms with E-state index in [1.165, 1.54) is 48.8 Å². The number of benzene rings is 1. The fraction of sp³-hybridized carbons (Fsp3) is 0. The first-order valence-corrected chi connectivity index (χ1v) is 8.28. The van der Waals surface area contributed by atoms with Crippen LogP contribution in [0.3, 0.4) is 0 Å². The van der Waals surface area contributed by atoms with E-state index in [-0.39, 0.29) is 21.7 Å². The van der Waals surface area contributed by atoms with Crippen molar-refractivity contribution in [2.24, 2.45) is 5.73 Å². The van der Waals surface area contributed by atoms with Crippen molar-refractivity contribution in [2.75, 3.05) is 0 Å². The minimum absolute atomic E-state index is 0.00533. The van der Waals surface area contributed by atoms with Gasteiger partial charge in [0.2, 0.25) is 5.91 Å². The van der Waals surface area contributed by atoms with E-state index in [1.54, 1.807) is 6.07 Å². The number of rotatable bonds is 4. The highest BCUT2D eigenvalue weighted by atomic mass is 32.2. The number of hydrogen-bond acceptors (Lipinski definition) is 4. The first kappa shape index (κ1) is 15.9. The van der Waals surface area contributed by atoms with Crippen molar-refractivity contribution < 1.29 is 17.6 Å². The summed E-state index contributed by atoms with van der Waals surface area (Å²) in [5.74, 6) is -1.43. The Bertz CT molecular complexity index is 1010. The Hall–Kier alpha value is -3.00. The van der Waals surface area contributed by atoms with E-state index in [2.05, 4.69) is 4.98 Å². The smallest absolute Gasteiger partial charge is 0.269 e. The summed E-state index contributed by atoms with van der Waals surface area (Å²) in [5.41, 5.74) is 5.24. The van der Waals surface area contributed by atoms with Crippen LogP contribution in [0.1, 0.15) is 10.4 Å². The van der Waals surface area contributed by atoms with Gasteiger partial charge in [-0.2, -0.15) is 0 Å². The number of pyridine rings is 1. The third-order valence-electron chi connectivity index (χ3n) is 3.41. The number of hydrogen-bond donors (Lipinski definition) is 1. The zero-order chi connectivity index (χ0) is 17.3. The van der Waals surface area contributed by atoms with E-state index in [0.29, 0.717) is 0 Å². The van der Waals surface area contributed by atoms with Gasteiger partial charge in [0.05, 0.1) is 11.3 Å². The molecule has 0 fully saturated rings. The van der Waals surface area contributed by atoms with Crippen molar-refractivity contribution in [1.29, 1.82) is 0 Å². The maximum Gasteiger partial charge on any atom is 0.269 e. The molecular formula is C16H12FN3O3S. The molecule has 0 aliphatic carbocycles. The van der Waals surface area contributed by atoms with Crippen molar-refractivity contribution in [3.63, 3.8) is 0 Å². The van der Waals surface area contributed by atoms with Crippen LogP contribution in [0.15, 0.2) is 66.0 Å². The molecular weight excluding hydrogens is 333 g/mol. The van der Waals surface area contributed by atoms with Crippen LogP contribution in [-0.2, 0) is 10.0 Å². The molecule has 0 radical (unpaired) electrons. The number of primary amides is 1. The van der Waals surface area contributed by atoms with E-state index < -0.39 is 21.7 Å². The maximum atomic E-state index is 14.1. The third kappa shape index (κ3) is 2.67. The molecule has 0 aliphatic rings. The van der Waals surface area contributed by atoms with Gasteiger partial charge in [0.15, 0.2) is 0 Å². The Balaban J connectivity index is 2.29. The molecule has 1 aromatic carbocycles. The highest BCUT2D eigenvalue weighted by Crippen LogP contribution is 2.28. The van der Waals surface area contributed by atoms with Gasteiger partial charge >= 0.3 is 0 Å². The van der Waals surface area contributed by atoms with Crippen LogP contribution in [-0.4, -0.2) is 23.3 Å². The van der Waals surface area contributed by atoms with Gasteiger partial charge in [0, 0.05) is 24.2 Å². The molecule has 24 heavy (non-hydrogen) atoms. The Labute approximate surface area is 137 Å². The maximum absolute atomic E-state index is 14.1. The van der Waals surface area contributed by atoms with E-state index in [4.69, 9.17) is 5.73 Å². The summed E-state index contributed by atoms with van der Waals surface area (Å²) in [7, 11) is -4.07. The molecule has 0 saturated carbocycles. The molecule has 3 rings (SSSR count). The number of nitrogens with zero attached hydrogens (tertiary/aromatic N) is 2. The number of amides is 1. The quantitative estimate of drug-likeness (QED) is 0.782. The van der Waals surface area contributed by atoms with Gasteiger partial charge in [-0.05, 0) is 30.3 Å². The number of carbonyl (C=O) groups excluding carboxylic acids is 1. The molecule has 1 amide bonds. The lowest BCUT2D eigenvalue weighted by molar-refractivity contribution is 0.100. The molecule has 0 saturated heterocycles. The van der Waals surface area contributed by atoms with E-state index in [1.807, 2.05) is 0 Å². The van der Waals surface area contributed by atoms with Crippen molar-refractivity contribution in [2.45, 2.75) is 4.90 Å². The Kier molecular flexibility index (Phi) is 3.90. The summed E-state index contributed by atoms with van der Waals surface area (Å²) < 4.78 is 40.6. The second kappa shape index (κ2) is 5.89.